The van der Waals surface area contributed by atoms with Gasteiger partial charge in [0, 0.05) is 0 Å². The predicted octanol–water partition coefficient (Wildman–Crippen LogP) is 0.673. The molecule has 0 spiro atoms. The minimum atomic E-state index is -1.74. The average molecular weight is 220 g/mol. The van der Waals surface area contributed by atoms with Gasteiger partial charge >= 0.3 is 7.12 Å². The second-order valence-electron chi connectivity index (χ2n) is 3.68. The van der Waals surface area contributed by atoms with Gasteiger partial charge in [-0.3, -0.25) is 0 Å². The van der Waals surface area contributed by atoms with Gasteiger partial charge in [0.2, 0.25) is 0 Å². The number of hydrogen-bond donors (Lipinski definition) is 3. The van der Waals surface area contributed by atoms with Crippen LogP contribution in [0.2, 0.25) is 0 Å². The van der Waals surface area contributed by atoms with Gasteiger partial charge in [-0.25, -0.2) is 4.39 Å². The number of phenols is 1. The molecule has 0 saturated carbocycles. The fourth-order valence-corrected chi connectivity index (χ4v) is 1.85. The van der Waals surface area contributed by atoms with Crippen molar-refractivity contribution in [2.45, 2.75) is 6.92 Å². The van der Waals surface area contributed by atoms with Gasteiger partial charge in [0.25, 0.3) is 0 Å². The topological polar surface area (TPSA) is 60.7 Å². The van der Waals surface area contributed by atoms with Crippen LogP contribution in [0.15, 0.2) is 24.3 Å². The van der Waals surface area contributed by atoms with E-state index in [0.29, 0.717) is 16.3 Å². The van der Waals surface area contributed by atoms with Crippen LogP contribution in [0.25, 0.3) is 10.8 Å². The van der Waals surface area contributed by atoms with Crippen LogP contribution < -0.4 is 5.46 Å². The minimum Gasteiger partial charge on any atom is -0.508 e. The molecule has 0 radical (unpaired) electrons. The molecule has 2 aromatic carbocycles. The quantitative estimate of drug-likeness (QED) is 0.619. The van der Waals surface area contributed by atoms with E-state index >= 15 is 0 Å². The summed E-state index contributed by atoms with van der Waals surface area (Å²) in [6.45, 7) is 1.56. The average Bonchev–Trinajstić information content (AvgIpc) is 2.22. The Labute approximate surface area is 91.9 Å². The summed E-state index contributed by atoms with van der Waals surface area (Å²) in [7, 11) is -1.74. The molecule has 5 heteroatoms. The predicted molar refractivity (Wildman–Crippen MR) is 60.1 cm³/mol. The van der Waals surface area contributed by atoms with Gasteiger partial charge in [-0.05, 0) is 46.9 Å². The van der Waals surface area contributed by atoms with Crippen molar-refractivity contribution in [2.75, 3.05) is 0 Å². The molecule has 0 unspecified atom stereocenters. The molecule has 3 nitrogen and oxygen atoms in total. The zero-order valence-electron chi connectivity index (χ0n) is 8.61. The second kappa shape index (κ2) is 3.77. The van der Waals surface area contributed by atoms with Crippen molar-refractivity contribution in [3.63, 3.8) is 0 Å². The summed E-state index contributed by atoms with van der Waals surface area (Å²) in [5.74, 6) is -0.498. The van der Waals surface area contributed by atoms with Crippen molar-refractivity contribution in [3.8, 4) is 5.75 Å². The lowest BCUT2D eigenvalue weighted by molar-refractivity contribution is 0.425. The molecule has 16 heavy (non-hydrogen) atoms. The number of rotatable bonds is 1. The minimum absolute atomic E-state index is 0.0818. The maximum atomic E-state index is 13.4. The highest BCUT2D eigenvalue weighted by atomic mass is 19.1. The van der Waals surface area contributed by atoms with Crippen molar-refractivity contribution in [2.24, 2.45) is 0 Å². The number of aryl methyl sites for hydroxylation is 1. The van der Waals surface area contributed by atoms with Gasteiger partial charge < -0.3 is 15.2 Å². The molecular formula is C11H10BFO3. The number of fused-ring (bicyclic) bond motifs is 1. The SMILES string of the molecule is Cc1c(F)ccc2cc(O)cc(B(O)O)c12. The second-order valence-corrected chi connectivity index (χ2v) is 3.68. The Kier molecular flexibility index (Phi) is 2.57. The van der Waals surface area contributed by atoms with Gasteiger partial charge in [-0.1, -0.05) is 6.07 Å². The third kappa shape index (κ3) is 1.64. The fraction of sp³-hybridized carbons (Fsp3) is 0.0909. The monoisotopic (exact) mass is 220 g/mol. The molecule has 2 rings (SSSR count). The van der Waals surface area contributed by atoms with Crippen molar-refractivity contribution in [1.29, 1.82) is 0 Å². The van der Waals surface area contributed by atoms with E-state index < -0.39 is 12.9 Å². The Bertz CT molecular complexity index is 554. The molecule has 0 heterocycles. The van der Waals surface area contributed by atoms with Crippen molar-refractivity contribution in [1.82, 2.24) is 0 Å². The lowest BCUT2D eigenvalue weighted by atomic mass is 9.76. The van der Waals surface area contributed by atoms with E-state index in [1.807, 2.05) is 0 Å². The van der Waals surface area contributed by atoms with Gasteiger partial charge in [0.05, 0.1) is 0 Å². The molecule has 0 atom stereocenters. The molecule has 2 aromatic rings. The van der Waals surface area contributed by atoms with E-state index in [1.165, 1.54) is 24.3 Å². The van der Waals surface area contributed by atoms with Crippen molar-refractivity contribution in [3.05, 3.63) is 35.6 Å². The zero-order valence-corrected chi connectivity index (χ0v) is 8.61. The van der Waals surface area contributed by atoms with E-state index in [-0.39, 0.29) is 11.2 Å². The van der Waals surface area contributed by atoms with Gasteiger partial charge in [-0.2, -0.15) is 0 Å². The summed E-state index contributed by atoms with van der Waals surface area (Å²) in [5.41, 5.74) is 0.438. The van der Waals surface area contributed by atoms with E-state index in [4.69, 9.17) is 0 Å². The molecule has 0 aliphatic carbocycles. The Morgan fingerprint density at radius 1 is 1.19 bits per heavy atom. The summed E-state index contributed by atoms with van der Waals surface area (Å²) in [6.07, 6.45) is 0. The summed E-state index contributed by atoms with van der Waals surface area (Å²) < 4.78 is 13.4. The van der Waals surface area contributed by atoms with Crippen LogP contribution in [0.5, 0.6) is 5.75 Å². The van der Waals surface area contributed by atoms with E-state index in [0.717, 1.165) is 0 Å². The lowest BCUT2D eigenvalue weighted by Crippen LogP contribution is -2.31. The van der Waals surface area contributed by atoms with E-state index in [1.54, 1.807) is 6.92 Å². The third-order valence-corrected chi connectivity index (χ3v) is 2.60. The molecule has 0 fully saturated rings. The number of phenolic OH excluding ortho intramolecular Hbond substituents is 1. The molecule has 82 valence electrons. The fourth-order valence-electron chi connectivity index (χ4n) is 1.85. The summed E-state index contributed by atoms with van der Waals surface area (Å²) >= 11 is 0. The summed E-state index contributed by atoms with van der Waals surface area (Å²) in [6, 6.07) is 5.45. The van der Waals surface area contributed by atoms with Crippen molar-refractivity contribution < 1.29 is 19.5 Å². The molecule has 0 saturated heterocycles. The number of aromatic hydroxyl groups is 1. The molecule has 0 aliphatic rings. The number of benzene rings is 2. The third-order valence-electron chi connectivity index (χ3n) is 2.60. The van der Waals surface area contributed by atoms with E-state index in [9.17, 15) is 19.5 Å². The number of hydrogen-bond acceptors (Lipinski definition) is 3. The van der Waals surface area contributed by atoms with Crippen LogP contribution >= 0.6 is 0 Å². The van der Waals surface area contributed by atoms with Crippen LogP contribution in [0.3, 0.4) is 0 Å². The molecular weight excluding hydrogens is 210 g/mol. The lowest BCUT2D eigenvalue weighted by Gasteiger charge is -2.10. The molecule has 0 aliphatic heterocycles. The Hall–Kier alpha value is -1.59. The normalized spacial score (nSPS) is 10.8. The standard InChI is InChI=1S/C11H10BFO3/c1-6-10(13)3-2-7-4-8(14)5-9(11(6)7)12(15)16/h2-5,14-16H,1H3. The number of halogens is 1. The maximum Gasteiger partial charge on any atom is 0.489 e. The highest BCUT2D eigenvalue weighted by molar-refractivity contribution is 6.62. The van der Waals surface area contributed by atoms with Gasteiger partial charge in [-0.15, -0.1) is 0 Å². The first kappa shape index (κ1) is 10.9. The molecule has 0 bridgehead atoms. The van der Waals surface area contributed by atoms with Crippen LogP contribution in [0.4, 0.5) is 4.39 Å². The Morgan fingerprint density at radius 3 is 2.50 bits per heavy atom. The molecule has 0 aromatic heterocycles. The Morgan fingerprint density at radius 2 is 1.88 bits per heavy atom. The largest absolute Gasteiger partial charge is 0.508 e. The van der Waals surface area contributed by atoms with E-state index in [2.05, 4.69) is 0 Å². The summed E-state index contributed by atoms with van der Waals surface area (Å²) in [5, 5.41) is 28.8. The van der Waals surface area contributed by atoms with Gasteiger partial charge in [0.1, 0.15) is 11.6 Å². The highest BCUT2D eigenvalue weighted by Crippen LogP contribution is 2.23. The van der Waals surface area contributed by atoms with Crippen molar-refractivity contribution >= 4 is 23.4 Å². The molecule has 3 N–H and O–H groups in total. The van der Waals surface area contributed by atoms with Crippen LogP contribution in [0, 0.1) is 12.7 Å². The van der Waals surface area contributed by atoms with Crippen LogP contribution in [-0.2, 0) is 0 Å². The first-order chi connectivity index (χ1) is 7.50. The molecule has 0 amide bonds. The maximum absolute atomic E-state index is 13.4. The van der Waals surface area contributed by atoms with Crippen LogP contribution in [-0.4, -0.2) is 22.3 Å². The smallest absolute Gasteiger partial charge is 0.489 e. The zero-order chi connectivity index (χ0) is 11.9. The van der Waals surface area contributed by atoms with Crippen LogP contribution in [0.1, 0.15) is 5.56 Å². The summed E-state index contributed by atoms with van der Waals surface area (Å²) in [4.78, 5) is 0. The first-order valence-corrected chi connectivity index (χ1v) is 4.78. The highest BCUT2D eigenvalue weighted by Gasteiger charge is 2.18. The first-order valence-electron chi connectivity index (χ1n) is 4.78. The Balaban J connectivity index is 2.92. The van der Waals surface area contributed by atoms with Gasteiger partial charge in [0.15, 0.2) is 0 Å².